The van der Waals surface area contributed by atoms with Gasteiger partial charge in [-0.2, -0.15) is 0 Å². The van der Waals surface area contributed by atoms with Crippen molar-refractivity contribution in [3.63, 3.8) is 0 Å². The van der Waals surface area contributed by atoms with Crippen molar-refractivity contribution in [2.75, 3.05) is 46.4 Å². The fraction of sp³-hybridized carbons (Fsp3) is 0.479. The molecule has 0 unspecified atom stereocenters. The number of oxime groups is 1. The number of rotatable bonds is 19. The highest BCUT2D eigenvalue weighted by Crippen LogP contribution is 2.62. The van der Waals surface area contributed by atoms with Crippen molar-refractivity contribution in [2.45, 2.75) is 89.1 Å². The molecule has 3 aliphatic rings. The van der Waals surface area contributed by atoms with E-state index in [1.807, 2.05) is 20.8 Å². The Labute approximate surface area is 379 Å². The van der Waals surface area contributed by atoms with E-state index < -0.39 is 46.4 Å². The smallest absolute Gasteiger partial charge is 0.417 e. The van der Waals surface area contributed by atoms with Crippen LogP contribution in [0.25, 0.3) is 0 Å². The second-order valence-corrected chi connectivity index (χ2v) is 17.3. The van der Waals surface area contributed by atoms with Gasteiger partial charge in [-0.1, -0.05) is 30.1 Å². The van der Waals surface area contributed by atoms with E-state index in [0.717, 1.165) is 24.0 Å². The molecule has 3 N–H and O–H groups in total. The van der Waals surface area contributed by atoms with Crippen LogP contribution in [0.4, 0.5) is 21.0 Å². The molecule has 1 saturated carbocycles. The van der Waals surface area contributed by atoms with Crippen molar-refractivity contribution < 1.29 is 58.0 Å². The number of ether oxygens (including phenoxy) is 6. The van der Waals surface area contributed by atoms with E-state index in [-0.39, 0.29) is 55.3 Å². The van der Waals surface area contributed by atoms with Crippen molar-refractivity contribution in [3.8, 4) is 28.7 Å². The van der Waals surface area contributed by atoms with Gasteiger partial charge in [-0.05, 0) is 106 Å². The number of carbonyl (C=O) groups is 2. The monoisotopic (exact) mass is 900 g/mol. The highest BCUT2D eigenvalue weighted by atomic mass is 16.7. The minimum Gasteiger partial charge on any atom is -0.497 e. The largest absolute Gasteiger partial charge is 0.497 e. The molecule has 1 aliphatic heterocycles. The average Bonchev–Trinajstić information content (AvgIpc) is 3.28. The number of benzene rings is 3. The number of amides is 2. The normalized spacial score (nSPS) is 22.6. The average molecular weight is 901 g/mol. The zero-order valence-corrected chi connectivity index (χ0v) is 37.8. The zero-order valence-electron chi connectivity index (χ0n) is 37.8. The lowest BCUT2D eigenvalue weighted by atomic mass is 9.55. The Morgan fingerprint density at radius 3 is 2.31 bits per heavy atom. The standard InChI is InChI=1S/C48H60N4O13/c1-8-25-61-48-42(51(5)46(56)63-32-17-15-31(16-18-32)52(57)58)29-39(50-65-47(2,3)4)36-26-30(13-9-11-23-53)35(14-10-12-24-54)43(44(36)48)37-27-34(20-22-40(37)64-48)62-45(55)49-38-21-19-33(59-6)28-41(38)60-7/h8,15-22,26-28,30,35,42-44,53-54H,1,9-14,23-25,29H2,2-7H3,(H,49,55)/t30-,35+,42-,43+,44+,48+/m0/s1. The maximum absolute atomic E-state index is 14.3. The number of aliphatic hydroxyl groups is 2. The number of hydrogen-bond acceptors (Lipinski definition) is 14. The number of carbonyl (C=O) groups excluding carboxylic acids is 2. The third kappa shape index (κ3) is 11.0. The fourth-order valence-electron chi connectivity index (χ4n) is 9.06. The number of nitrogens with zero attached hydrogens (tertiary/aromatic N) is 3. The van der Waals surface area contributed by atoms with Crippen molar-refractivity contribution in [1.82, 2.24) is 4.90 Å². The van der Waals surface area contributed by atoms with Crippen LogP contribution in [0.1, 0.15) is 77.2 Å². The molecular formula is C48H60N4O13. The number of hydrogen-bond donors (Lipinski definition) is 3. The molecule has 0 radical (unpaired) electrons. The molecular weight excluding hydrogens is 841 g/mol. The predicted octanol–water partition coefficient (Wildman–Crippen LogP) is 8.79. The molecule has 1 heterocycles. The number of aliphatic hydroxyl groups excluding tert-OH is 2. The highest BCUT2D eigenvalue weighted by Gasteiger charge is 2.65. The summed E-state index contributed by atoms with van der Waals surface area (Å²) in [6, 6.07) is 14.4. The molecule has 6 atom stereocenters. The first-order valence-electron chi connectivity index (χ1n) is 21.8. The van der Waals surface area contributed by atoms with Crippen LogP contribution in [0.15, 0.2) is 90.1 Å². The molecule has 17 nitrogen and oxygen atoms in total. The van der Waals surface area contributed by atoms with Crippen LogP contribution in [0, 0.1) is 27.9 Å². The van der Waals surface area contributed by atoms with Gasteiger partial charge in [0, 0.05) is 56.4 Å². The van der Waals surface area contributed by atoms with Gasteiger partial charge in [0.2, 0.25) is 5.79 Å². The van der Waals surface area contributed by atoms with Gasteiger partial charge in [-0.3, -0.25) is 15.4 Å². The number of nitrogens with one attached hydrogen (secondary N) is 1. The molecule has 0 bridgehead atoms. The summed E-state index contributed by atoms with van der Waals surface area (Å²) in [5, 5.41) is 38.7. The highest BCUT2D eigenvalue weighted by molar-refractivity contribution is 6.03. The van der Waals surface area contributed by atoms with Crippen molar-refractivity contribution in [1.29, 1.82) is 0 Å². The maximum Gasteiger partial charge on any atom is 0.417 e. The number of nitro benzene ring substituents is 1. The Morgan fingerprint density at radius 1 is 0.969 bits per heavy atom. The Balaban J connectivity index is 1.50. The Bertz CT molecular complexity index is 2240. The molecule has 2 amide bonds. The van der Waals surface area contributed by atoms with E-state index in [1.54, 1.807) is 49.5 Å². The number of nitro groups is 1. The summed E-state index contributed by atoms with van der Waals surface area (Å²) in [5.74, 6) is -1.10. The molecule has 0 spiro atoms. The number of unbranched alkanes of at least 4 members (excludes halogenated alkanes) is 2. The second kappa shape index (κ2) is 21.2. The van der Waals surface area contributed by atoms with Crippen molar-refractivity contribution >= 4 is 29.3 Å². The number of anilines is 1. The number of allylic oxidation sites excluding steroid dienone is 1. The van der Waals surface area contributed by atoms with Crippen LogP contribution in [-0.2, 0) is 9.57 Å². The predicted molar refractivity (Wildman–Crippen MR) is 242 cm³/mol. The SMILES string of the molecule is C=CCO[C@@]12Oc3ccc(OC(=O)Nc4ccc(OC)cc4OC)cc3[C@H]3[C@H](CCCCO)[C@@H](CCCCO)C=C(C(=NOC(C)(C)C)C[C@@H]1N(C)C(=O)Oc1ccc([N+](=O)[O-])cc1)[C@H]32. The minimum absolute atomic E-state index is 0.0138. The van der Waals surface area contributed by atoms with Crippen molar-refractivity contribution in [3.05, 3.63) is 101 Å². The molecule has 1 fully saturated rings. The van der Waals surface area contributed by atoms with Crippen LogP contribution < -0.4 is 29.0 Å². The lowest BCUT2D eigenvalue weighted by Crippen LogP contribution is -2.69. The summed E-state index contributed by atoms with van der Waals surface area (Å²) in [4.78, 5) is 46.2. The van der Waals surface area contributed by atoms with E-state index in [4.69, 9.17) is 38.4 Å². The third-order valence-corrected chi connectivity index (χ3v) is 11.9. The fourth-order valence-corrected chi connectivity index (χ4v) is 9.06. The second-order valence-electron chi connectivity index (χ2n) is 17.3. The summed E-state index contributed by atoms with van der Waals surface area (Å²) in [6.07, 6.45) is 6.42. The molecule has 17 heteroatoms. The van der Waals surface area contributed by atoms with E-state index >= 15 is 0 Å². The molecule has 3 aromatic carbocycles. The van der Waals surface area contributed by atoms with E-state index in [0.29, 0.717) is 54.3 Å². The van der Waals surface area contributed by atoms with E-state index in [2.05, 4.69) is 18.0 Å². The van der Waals surface area contributed by atoms with Gasteiger partial charge in [0.15, 0.2) is 0 Å². The zero-order chi connectivity index (χ0) is 46.9. The van der Waals surface area contributed by atoms with Crippen LogP contribution >= 0.6 is 0 Å². The quantitative estimate of drug-likeness (QED) is 0.0445. The summed E-state index contributed by atoms with van der Waals surface area (Å²) in [5.41, 5.74) is 1.64. The number of fused-ring (bicyclic) bond motifs is 2. The van der Waals surface area contributed by atoms with Gasteiger partial charge < -0.3 is 48.4 Å². The number of non-ortho nitro benzene ring substituents is 1. The van der Waals surface area contributed by atoms with Crippen LogP contribution in [-0.4, -0.2) is 96.5 Å². The van der Waals surface area contributed by atoms with Crippen molar-refractivity contribution in [2.24, 2.45) is 22.9 Å². The number of likely N-dealkylation sites (N-methyl/N-ethyl adjacent to an activating group) is 1. The van der Waals surface area contributed by atoms with E-state index in [9.17, 15) is 29.9 Å². The van der Waals surface area contributed by atoms with Gasteiger partial charge in [0.25, 0.3) is 5.69 Å². The van der Waals surface area contributed by atoms with Gasteiger partial charge in [-0.25, -0.2) is 9.59 Å². The summed E-state index contributed by atoms with van der Waals surface area (Å²) < 4.78 is 36.6. The van der Waals surface area contributed by atoms with Crippen LogP contribution in [0.2, 0.25) is 0 Å². The molecule has 0 saturated heterocycles. The van der Waals surface area contributed by atoms with Crippen LogP contribution in [0.3, 0.4) is 0 Å². The first-order valence-corrected chi connectivity index (χ1v) is 21.8. The summed E-state index contributed by atoms with van der Waals surface area (Å²) in [6.45, 7) is 9.70. The maximum atomic E-state index is 14.3. The Hall–Kier alpha value is -6.17. The lowest BCUT2D eigenvalue weighted by molar-refractivity contribution is -0.384. The molecule has 350 valence electrons. The van der Waals surface area contributed by atoms with Gasteiger partial charge in [0.1, 0.15) is 40.4 Å². The first-order chi connectivity index (χ1) is 31.2. The topological polar surface area (TPSA) is 210 Å². The summed E-state index contributed by atoms with van der Waals surface area (Å²) in [7, 11) is 4.59. The number of methoxy groups -OCH3 is 2. The first kappa shape index (κ1) is 48.3. The van der Waals surface area contributed by atoms with Gasteiger partial charge >= 0.3 is 12.2 Å². The lowest BCUT2D eigenvalue weighted by Gasteiger charge is -2.59. The van der Waals surface area contributed by atoms with Gasteiger partial charge in [0.05, 0.1) is 43.1 Å². The molecule has 3 aromatic rings. The third-order valence-electron chi connectivity index (χ3n) is 11.9. The molecule has 0 aromatic heterocycles. The molecule has 6 rings (SSSR count). The molecule has 65 heavy (non-hydrogen) atoms. The Kier molecular flexibility index (Phi) is 15.8. The minimum atomic E-state index is -1.59. The van der Waals surface area contributed by atoms with E-state index in [1.165, 1.54) is 43.4 Å². The van der Waals surface area contributed by atoms with Crippen LogP contribution in [0.5, 0.6) is 28.7 Å². The summed E-state index contributed by atoms with van der Waals surface area (Å²) >= 11 is 0. The Morgan fingerprint density at radius 2 is 1.66 bits per heavy atom. The van der Waals surface area contributed by atoms with Gasteiger partial charge in [-0.15, -0.1) is 6.58 Å². The molecule has 2 aliphatic carbocycles.